The highest BCUT2D eigenvalue weighted by Crippen LogP contribution is 2.26. The highest BCUT2D eigenvalue weighted by Gasteiger charge is 2.30. The molecule has 4 rings (SSSR count). The Morgan fingerprint density at radius 2 is 1.81 bits per heavy atom. The molecule has 1 aromatic heterocycles. The van der Waals surface area contributed by atoms with Crippen molar-refractivity contribution in [2.24, 2.45) is 0 Å². The van der Waals surface area contributed by atoms with Crippen LogP contribution >= 0.6 is 11.3 Å². The molecule has 0 bridgehead atoms. The third-order valence-electron chi connectivity index (χ3n) is 6.02. The van der Waals surface area contributed by atoms with Gasteiger partial charge in [0.2, 0.25) is 5.91 Å². The first-order valence-electron chi connectivity index (χ1n) is 9.84. The van der Waals surface area contributed by atoms with Crippen molar-refractivity contribution < 1.29 is 9.59 Å². The smallest absolute Gasteiger partial charge is 0.236 e. The number of amides is 1. The van der Waals surface area contributed by atoms with Crippen molar-refractivity contribution in [2.75, 3.05) is 45.8 Å². The van der Waals surface area contributed by atoms with Gasteiger partial charge in [0.15, 0.2) is 10.8 Å². The second kappa shape index (κ2) is 7.74. The van der Waals surface area contributed by atoms with Crippen molar-refractivity contribution in [3.63, 3.8) is 0 Å². The van der Waals surface area contributed by atoms with Crippen molar-refractivity contribution in [3.8, 4) is 0 Å². The second-order valence-corrected chi connectivity index (χ2v) is 8.81. The molecule has 3 heterocycles. The number of nitrogens with zero attached hydrogens (tertiary/aromatic N) is 4. The highest BCUT2D eigenvalue weighted by atomic mass is 32.1. The zero-order valence-electron chi connectivity index (χ0n) is 15.6. The Morgan fingerprint density at radius 3 is 2.46 bits per heavy atom. The van der Waals surface area contributed by atoms with E-state index in [0.717, 1.165) is 63.8 Å². The van der Waals surface area contributed by atoms with Gasteiger partial charge in [-0.2, -0.15) is 0 Å². The van der Waals surface area contributed by atoms with E-state index in [0.29, 0.717) is 11.6 Å². The average molecular weight is 377 g/mol. The molecule has 1 aromatic rings. The number of hydrogen-bond acceptors (Lipinski definition) is 6. The largest absolute Gasteiger partial charge is 0.339 e. The van der Waals surface area contributed by atoms with E-state index in [4.69, 9.17) is 0 Å². The Kier molecular flexibility index (Phi) is 5.38. The predicted molar refractivity (Wildman–Crippen MR) is 102 cm³/mol. The van der Waals surface area contributed by atoms with E-state index in [1.807, 2.05) is 4.90 Å². The Morgan fingerprint density at radius 1 is 1.08 bits per heavy atom. The predicted octanol–water partition coefficient (Wildman–Crippen LogP) is 1.44. The SMILES string of the molecule is CC(=O)c1nc2c(s1)CCN(CC(=O)N1CCN(C3CCC3)CC1)CC2. The van der Waals surface area contributed by atoms with Crippen molar-refractivity contribution in [1.29, 1.82) is 0 Å². The zero-order chi connectivity index (χ0) is 18.1. The van der Waals surface area contributed by atoms with Crippen molar-refractivity contribution in [1.82, 2.24) is 19.7 Å². The lowest BCUT2D eigenvalue weighted by molar-refractivity contribution is -0.134. The van der Waals surface area contributed by atoms with Gasteiger partial charge in [0.25, 0.3) is 0 Å². The molecule has 0 aromatic carbocycles. The molecule has 1 amide bonds. The number of carbonyl (C=O) groups is 2. The Labute approximate surface area is 159 Å². The molecular weight excluding hydrogens is 348 g/mol. The fourth-order valence-corrected chi connectivity index (χ4v) is 5.09. The van der Waals surface area contributed by atoms with E-state index >= 15 is 0 Å². The van der Waals surface area contributed by atoms with Crippen LogP contribution in [0.4, 0.5) is 0 Å². The van der Waals surface area contributed by atoms with Gasteiger partial charge in [-0.1, -0.05) is 6.42 Å². The number of ketones is 1. The standard InChI is InChI=1S/C19H28N4O2S/c1-14(24)19-20-16-5-7-21(8-6-17(16)26-19)13-18(25)23-11-9-22(10-12-23)15-3-2-4-15/h15H,2-13H2,1H3. The molecule has 6 nitrogen and oxygen atoms in total. The molecule has 0 atom stereocenters. The number of rotatable bonds is 4. The van der Waals surface area contributed by atoms with Crippen molar-refractivity contribution in [3.05, 3.63) is 15.6 Å². The minimum atomic E-state index is 0.0520. The quantitative estimate of drug-likeness (QED) is 0.745. The molecule has 2 fully saturated rings. The first-order chi connectivity index (χ1) is 12.6. The first-order valence-corrected chi connectivity index (χ1v) is 10.7. The topological polar surface area (TPSA) is 56.8 Å². The first kappa shape index (κ1) is 18.1. The molecule has 1 saturated heterocycles. The lowest BCUT2D eigenvalue weighted by Gasteiger charge is -2.43. The van der Waals surface area contributed by atoms with E-state index in [-0.39, 0.29) is 11.7 Å². The normalized spacial score (nSPS) is 22.6. The van der Waals surface area contributed by atoms with Crippen LogP contribution < -0.4 is 0 Å². The fraction of sp³-hybridized carbons (Fsp3) is 0.737. The molecule has 1 saturated carbocycles. The summed E-state index contributed by atoms with van der Waals surface area (Å²) in [5, 5.41) is 0.629. The summed E-state index contributed by atoms with van der Waals surface area (Å²) in [5.74, 6) is 0.317. The van der Waals surface area contributed by atoms with E-state index in [2.05, 4.69) is 14.8 Å². The van der Waals surface area contributed by atoms with Crippen LogP contribution in [0, 0.1) is 0 Å². The van der Waals surface area contributed by atoms with Crippen LogP contribution in [0.5, 0.6) is 0 Å². The third kappa shape index (κ3) is 3.85. The van der Waals surface area contributed by atoms with Crippen LogP contribution in [0.1, 0.15) is 46.6 Å². The minimum Gasteiger partial charge on any atom is -0.339 e. The lowest BCUT2D eigenvalue weighted by Crippen LogP contribution is -2.55. The van der Waals surface area contributed by atoms with Gasteiger partial charge in [-0.05, 0) is 19.3 Å². The zero-order valence-corrected chi connectivity index (χ0v) is 16.4. The molecule has 7 heteroatoms. The minimum absolute atomic E-state index is 0.0520. The molecule has 0 unspecified atom stereocenters. The number of Topliss-reactive ketones (excluding diaryl/α,β-unsaturated/α-hetero) is 1. The number of aromatic nitrogens is 1. The van der Waals surface area contributed by atoms with Crippen LogP contribution in [0.2, 0.25) is 0 Å². The maximum absolute atomic E-state index is 12.7. The van der Waals surface area contributed by atoms with Gasteiger partial charge in [-0.25, -0.2) is 4.98 Å². The molecular formula is C19H28N4O2S. The number of thiazole rings is 1. The number of hydrogen-bond donors (Lipinski definition) is 0. The fourth-order valence-electron chi connectivity index (χ4n) is 4.10. The van der Waals surface area contributed by atoms with Crippen molar-refractivity contribution >= 4 is 23.0 Å². The summed E-state index contributed by atoms with van der Waals surface area (Å²) in [5.41, 5.74) is 1.06. The monoisotopic (exact) mass is 376 g/mol. The summed E-state index contributed by atoms with van der Waals surface area (Å²) < 4.78 is 0. The summed E-state index contributed by atoms with van der Waals surface area (Å²) in [4.78, 5) is 36.8. The Hall–Kier alpha value is -1.31. The van der Waals surface area contributed by atoms with Gasteiger partial charge in [0.05, 0.1) is 12.2 Å². The van der Waals surface area contributed by atoms with E-state index in [1.54, 1.807) is 6.92 Å². The summed E-state index contributed by atoms with van der Waals surface area (Å²) in [6, 6.07) is 0.782. The van der Waals surface area contributed by atoms with Gasteiger partial charge in [-0.15, -0.1) is 11.3 Å². The van der Waals surface area contributed by atoms with Gasteiger partial charge in [-0.3, -0.25) is 19.4 Å². The highest BCUT2D eigenvalue weighted by molar-refractivity contribution is 7.13. The average Bonchev–Trinajstić information content (AvgIpc) is 2.91. The van der Waals surface area contributed by atoms with Crippen molar-refractivity contribution in [2.45, 2.75) is 45.1 Å². The number of carbonyl (C=O) groups excluding carboxylic acids is 2. The van der Waals surface area contributed by atoms with Crippen LogP contribution in [0.15, 0.2) is 0 Å². The van der Waals surface area contributed by atoms with Gasteiger partial charge >= 0.3 is 0 Å². The van der Waals surface area contributed by atoms with Gasteiger partial charge < -0.3 is 4.90 Å². The van der Waals surface area contributed by atoms with E-state index in [9.17, 15) is 9.59 Å². The molecule has 2 aliphatic heterocycles. The summed E-state index contributed by atoms with van der Waals surface area (Å²) >= 11 is 1.53. The molecule has 26 heavy (non-hydrogen) atoms. The third-order valence-corrected chi connectivity index (χ3v) is 7.27. The molecule has 0 radical (unpaired) electrons. The van der Waals surface area contributed by atoms with E-state index in [1.165, 1.54) is 35.5 Å². The second-order valence-electron chi connectivity index (χ2n) is 7.72. The molecule has 0 spiro atoms. The number of piperazine rings is 1. The molecule has 142 valence electrons. The van der Waals surface area contributed by atoms with E-state index < -0.39 is 0 Å². The molecule has 0 N–H and O–H groups in total. The summed E-state index contributed by atoms with van der Waals surface area (Å²) in [6.45, 7) is 7.63. The summed E-state index contributed by atoms with van der Waals surface area (Å²) in [6.07, 6.45) is 5.77. The molecule has 3 aliphatic rings. The summed E-state index contributed by atoms with van der Waals surface area (Å²) in [7, 11) is 0. The number of fused-ring (bicyclic) bond motifs is 1. The van der Waals surface area contributed by atoms with Crippen LogP contribution in [0.3, 0.4) is 0 Å². The Balaban J connectivity index is 1.26. The Bertz CT molecular complexity index is 652. The maximum Gasteiger partial charge on any atom is 0.236 e. The van der Waals surface area contributed by atoms with Crippen LogP contribution in [0.25, 0.3) is 0 Å². The molecule has 1 aliphatic carbocycles. The van der Waals surface area contributed by atoms with Gasteiger partial charge in [0.1, 0.15) is 0 Å². The van der Waals surface area contributed by atoms with Crippen LogP contribution in [-0.2, 0) is 17.6 Å². The maximum atomic E-state index is 12.7. The van der Waals surface area contributed by atoms with Gasteiger partial charge in [0, 0.05) is 63.5 Å². The van der Waals surface area contributed by atoms with Crippen LogP contribution in [-0.4, -0.2) is 83.2 Å². The lowest BCUT2D eigenvalue weighted by atomic mass is 9.91.